The molecule has 1 aliphatic rings. The van der Waals surface area contributed by atoms with Crippen LogP contribution < -0.4 is 10.2 Å². The van der Waals surface area contributed by atoms with Crippen molar-refractivity contribution in [2.75, 3.05) is 24.7 Å². The van der Waals surface area contributed by atoms with Crippen molar-refractivity contribution in [3.05, 3.63) is 29.6 Å². The van der Waals surface area contributed by atoms with Crippen molar-refractivity contribution in [1.82, 2.24) is 5.32 Å². The van der Waals surface area contributed by atoms with Crippen molar-refractivity contribution >= 4 is 5.69 Å². The first-order chi connectivity index (χ1) is 9.71. The summed E-state index contributed by atoms with van der Waals surface area (Å²) in [6.45, 7) is 13.2. The van der Waals surface area contributed by atoms with Gasteiger partial charge in [0.25, 0.3) is 0 Å². The topological polar surface area (TPSA) is 24.5 Å². The minimum atomic E-state index is -0.147. The first-order valence-electron chi connectivity index (χ1n) is 7.58. The highest BCUT2D eigenvalue weighted by Gasteiger charge is 2.32. The lowest BCUT2D eigenvalue weighted by Gasteiger charge is -2.44. The predicted octanol–water partition coefficient (Wildman–Crippen LogP) is 3.33. The second kappa shape index (κ2) is 5.93. The van der Waals surface area contributed by atoms with Crippen LogP contribution in [0.15, 0.2) is 18.2 Å². The fourth-order valence-corrected chi connectivity index (χ4v) is 2.63. The Labute approximate surface area is 127 Å². The minimum Gasteiger partial charge on any atom is -0.377 e. The zero-order valence-corrected chi connectivity index (χ0v) is 13.8. The quantitative estimate of drug-likeness (QED) is 0.925. The molecule has 0 atom stereocenters. The lowest BCUT2D eigenvalue weighted by molar-refractivity contribution is 0.0642. The molecule has 0 amide bonds. The minimum absolute atomic E-state index is 0.0416. The van der Waals surface area contributed by atoms with Crippen LogP contribution in [0.1, 0.15) is 40.2 Å². The van der Waals surface area contributed by atoms with E-state index in [1.807, 2.05) is 6.07 Å². The summed E-state index contributed by atoms with van der Waals surface area (Å²) < 4.78 is 19.9. The Balaban J connectivity index is 2.32. The van der Waals surface area contributed by atoms with E-state index < -0.39 is 0 Å². The highest BCUT2D eigenvalue weighted by molar-refractivity contribution is 5.56. The first kappa shape index (κ1) is 16.2. The molecule has 21 heavy (non-hydrogen) atoms. The summed E-state index contributed by atoms with van der Waals surface area (Å²) in [7, 11) is 0. The van der Waals surface area contributed by atoms with Gasteiger partial charge in [-0.05, 0) is 46.8 Å². The van der Waals surface area contributed by atoms with E-state index in [0.29, 0.717) is 19.8 Å². The van der Waals surface area contributed by atoms with Gasteiger partial charge in [0.15, 0.2) is 0 Å². The van der Waals surface area contributed by atoms with E-state index in [1.165, 1.54) is 6.07 Å². The van der Waals surface area contributed by atoms with Crippen LogP contribution in [0.2, 0.25) is 0 Å². The summed E-state index contributed by atoms with van der Waals surface area (Å²) in [5.74, 6) is -0.147. The van der Waals surface area contributed by atoms with Gasteiger partial charge in [0.05, 0.1) is 18.8 Å². The third kappa shape index (κ3) is 3.95. The number of morpholine rings is 1. The monoisotopic (exact) mass is 294 g/mol. The summed E-state index contributed by atoms with van der Waals surface area (Å²) in [5.41, 5.74) is 1.55. The smallest absolute Gasteiger partial charge is 0.129 e. The van der Waals surface area contributed by atoms with Crippen LogP contribution in [0.25, 0.3) is 0 Å². The molecular formula is C17H27FN2O. The Kier molecular flexibility index (Phi) is 4.59. The molecule has 118 valence electrons. The van der Waals surface area contributed by atoms with Crippen molar-refractivity contribution in [2.24, 2.45) is 0 Å². The Bertz CT molecular complexity index is 494. The van der Waals surface area contributed by atoms with E-state index >= 15 is 0 Å². The van der Waals surface area contributed by atoms with Crippen molar-refractivity contribution in [1.29, 1.82) is 0 Å². The molecule has 4 heteroatoms. The number of nitrogens with one attached hydrogen (secondary N) is 1. The van der Waals surface area contributed by atoms with Crippen molar-refractivity contribution in [3.63, 3.8) is 0 Å². The molecule has 1 N–H and O–H groups in total. The van der Waals surface area contributed by atoms with E-state index in [4.69, 9.17) is 4.74 Å². The van der Waals surface area contributed by atoms with Crippen molar-refractivity contribution in [2.45, 2.75) is 52.2 Å². The fourth-order valence-electron chi connectivity index (χ4n) is 2.63. The molecule has 1 heterocycles. The average Bonchev–Trinajstić information content (AvgIpc) is 2.35. The van der Waals surface area contributed by atoms with E-state index in [2.05, 4.69) is 44.8 Å². The second-order valence-corrected chi connectivity index (χ2v) is 7.36. The first-order valence-corrected chi connectivity index (χ1v) is 7.58. The number of rotatable bonds is 3. The van der Waals surface area contributed by atoms with Crippen LogP contribution >= 0.6 is 0 Å². The predicted molar refractivity (Wildman–Crippen MR) is 85.2 cm³/mol. The van der Waals surface area contributed by atoms with Gasteiger partial charge >= 0.3 is 0 Å². The van der Waals surface area contributed by atoms with Crippen molar-refractivity contribution < 1.29 is 9.13 Å². The van der Waals surface area contributed by atoms with Crippen LogP contribution in [-0.2, 0) is 11.3 Å². The van der Waals surface area contributed by atoms with Gasteiger partial charge in [-0.15, -0.1) is 0 Å². The molecule has 1 aliphatic heterocycles. The van der Waals surface area contributed by atoms with Crippen LogP contribution in [0, 0.1) is 5.82 Å². The largest absolute Gasteiger partial charge is 0.377 e. The van der Waals surface area contributed by atoms with Gasteiger partial charge in [-0.3, -0.25) is 0 Å². The zero-order valence-electron chi connectivity index (χ0n) is 13.8. The highest BCUT2D eigenvalue weighted by Crippen LogP contribution is 2.31. The summed E-state index contributed by atoms with van der Waals surface area (Å²) >= 11 is 0. The maximum absolute atomic E-state index is 14.3. The molecule has 0 spiro atoms. The molecule has 1 aromatic carbocycles. The number of nitrogens with zero attached hydrogens (tertiary/aromatic N) is 1. The lowest BCUT2D eigenvalue weighted by atomic mass is 9.99. The van der Waals surface area contributed by atoms with Gasteiger partial charge in [-0.25, -0.2) is 4.39 Å². The molecule has 1 aromatic rings. The summed E-state index contributed by atoms with van der Waals surface area (Å²) in [6.07, 6.45) is 0. The average molecular weight is 294 g/mol. The number of halogens is 1. The molecule has 1 saturated heterocycles. The molecule has 0 saturated carbocycles. The maximum Gasteiger partial charge on any atom is 0.129 e. The zero-order chi connectivity index (χ0) is 15.7. The standard InChI is InChI=1S/C17H27FN2O/c1-16(2,3)19-11-13-14(18)7-6-8-15(13)20-9-10-21-12-17(20,4)5/h6-8,19H,9-12H2,1-5H3. The van der Waals surface area contributed by atoms with Crippen LogP contribution in [-0.4, -0.2) is 30.8 Å². The van der Waals surface area contributed by atoms with Gasteiger partial charge in [0.2, 0.25) is 0 Å². The fraction of sp³-hybridized carbons (Fsp3) is 0.647. The van der Waals surface area contributed by atoms with Crippen LogP contribution in [0.4, 0.5) is 10.1 Å². The molecular weight excluding hydrogens is 267 g/mol. The Morgan fingerprint density at radius 3 is 2.67 bits per heavy atom. The summed E-state index contributed by atoms with van der Waals surface area (Å²) in [5, 5.41) is 3.39. The Morgan fingerprint density at radius 1 is 1.33 bits per heavy atom. The number of benzene rings is 1. The molecule has 0 aromatic heterocycles. The molecule has 1 fully saturated rings. The Morgan fingerprint density at radius 2 is 2.05 bits per heavy atom. The molecule has 2 rings (SSSR count). The summed E-state index contributed by atoms with van der Waals surface area (Å²) in [4.78, 5) is 2.26. The van der Waals surface area contributed by atoms with Gasteiger partial charge in [-0.1, -0.05) is 6.07 Å². The van der Waals surface area contributed by atoms with Crippen LogP contribution in [0.3, 0.4) is 0 Å². The number of ether oxygens (including phenoxy) is 1. The van der Waals surface area contributed by atoms with E-state index in [1.54, 1.807) is 6.07 Å². The van der Waals surface area contributed by atoms with Crippen molar-refractivity contribution in [3.8, 4) is 0 Å². The number of anilines is 1. The third-order valence-corrected chi connectivity index (χ3v) is 3.83. The van der Waals surface area contributed by atoms with Gasteiger partial charge in [0, 0.05) is 29.9 Å². The SMILES string of the molecule is CC(C)(C)NCc1c(F)cccc1N1CCOCC1(C)C. The van der Waals surface area contributed by atoms with Gasteiger partial charge < -0.3 is 15.0 Å². The molecule has 3 nitrogen and oxygen atoms in total. The Hall–Kier alpha value is -1.13. The van der Waals surface area contributed by atoms with E-state index in [-0.39, 0.29) is 16.9 Å². The third-order valence-electron chi connectivity index (χ3n) is 3.83. The van der Waals surface area contributed by atoms with E-state index in [9.17, 15) is 4.39 Å². The highest BCUT2D eigenvalue weighted by atomic mass is 19.1. The normalized spacial score (nSPS) is 18.9. The van der Waals surface area contributed by atoms with Crippen LogP contribution in [0.5, 0.6) is 0 Å². The van der Waals surface area contributed by atoms with E-state index in [0.717, 1.165) is 17.8 Å². The number of hydrogen-bond acceptors (Lipinski definition) is 3. The molecule has 0 bridgehead atoms. The van der Waals surface area contributed by atoms with Gasteiger partial charge in [-0.2, -0.15) is 0 Å². The molecule has 0 unspecified atom stereocenters. The molecule has 0 radical (unpaired) electrons. The lowest BCUT2D eigenvalue weighted by Crippen LogP contribution is -2.53. The maximum atomic E-state index is 14.3. The van der Waals surface area contributed by atoms with Gasteiger partial charge in [0.1, 0.15) is 5.82 Å². The molecule has 0 aliphatic carbocycles. The number of hydrogen-bond donors (Lipinski definition) is 1. The second-order valence-electron chi connectivity index (χ2n) is 7.36. The summed E-state index contributed by atoms with van der Waals surface area (Å²) in [6, 6.07) is 5.34.